The molecule has 1 aliphatic rings. The molecule has 0 spiro atoms. The predicted octanol–water partition coefficient (Wildman–Crippen LogP) is 4.71. The number of aromatic nitrogens is 2. The maximum absolute atomic E-state index is 12.5. The second-order valence-corrected chi connectivity index (χ2v) is 7.73. The molecular formula is C21H23N3O2S. The lowest BCUT2D eigenvalue weighted by Crippen LogP contribution is -2.18. The van der Waals surface area contributed by atoms with Gasteiger partial charge in [-0.25, -0.2) is 0 Å². The second-order valence-electron chi connectivity index (χ2n) is 7.00. The molecule has 1 saturated carbocycles. The number of amides is 1. The fourth-order valence-corrected chi connectivity index (χ4v) is 3.93. The van der Waals surface area contributed by atoms with Gasteiger partial charge in [0.25, 0.3) is 5.91 Å². The fraction of sp³-hybridized carbons (Fsp3) is 0.333. The zero-order chi connectivity index (χ0) is 18.8. The van der Waals surface area contributed by atoms with Crippen LogP contribution >= 0.6 is 12.6 Å². The third-order valence-electron chi connectivity index (χ3n) is 5.17. The van der Waals surface area contributed by atoms with Crippen LogP contribution < -0.4 is 10.1 Å². The summed E-state index contributed by atoms with van der Waals surface area (Å²) in [5.41, 5.74) is 2.13. The Kier molecular flexibility index (Phi) is 5.07. The van der Waals surface area contributed by atoms with Crippen LogP contribution in [0.4, 0.5) is 5.69 Å². The van der Waals surface area contributed by atoms with Gasteiger partial charge in [0.2, 0.25) is 0 Å². The summed E-state index contributed by atoms with van der Waals surface area (Å²) in [5, 5.41) is 9.20. The van der Waals surface area contributed by atoms with Crippen molar-refractivity contribution in [3.8, 4) is 5.75 Å². The van der Waals surface area contributed by atoms with E-state index in [0.717, 1.165) is 36.6 Å². The number of thiol groups is 1. The molecule has 3 aromatic rings. The van der Waals surface area contributed by atoms with E-state index in [1.807, 2.05) is 30.3 Å². The zero-order valence-electron chi connectivity index (χ0n) is 15.3. The normalized spacial score (nSPS) is 19.8. The van der Waals surface area contributed by atoms with Gasteiger partial charge in [0.1, 0.15) is 5.75 Å². The molecule has 0 radical (unpaired) electrons. The third-order valence-corrected chi connectivity index (χ3v) is 5.68. The summed E-state index contributed by atoms with van der Waals surface area (Å²) in [6.07, 6.45) is 6.49. The first-order valence-electron chi connectivity index (χ1n) is 9.25. The minimum atomic E-state index is -0.159. The van der Waals surface area contributed by atoms with Gasteiger partial charge >= 0.3 is 0 Å². The average molecular weight is 382 g/mol. The van der Waals surface area contributed by atoms with Crippen molar-refractivity contribution in [3.63, 3.8) is 0 Å². The number of carbonyl (C=O) groups is 1. The van der Waals surface area contributed by atoms with Crippen molar-refractivity contribution in [1.82, 2.24) is 9.78 Å². The summed E-state index contributed by atoms with van der Waals surface area (Å²) in [6.45, 7) is 0. The molecule has 0 aliphatic heterocycles. The van der Waals surface area contributed by atoms with Crippen LogP contribution in [0, 0.1) is 0 Å². The molecular weight excluding hydrogens is 358 g/mol. The van der Waals surface area contributed by atoms with Gasteiger partial charge in [-0.1, -0.05) is 18.2 Å². The number of ether oxygens (including phenoxy) is 1. The lowest BCUT2D eigenvalue weighted by Gasteiger charge is -2.25. The van der Waals surface area contributed by atoms with E-state index in [-0.39, 0.29) is 5.91 Å². The highest BCUT2D eigenvalue weighted by Gasteiger charge is 2.21. The van der Waals surface area contributed by atoms with Gasteiger partial charge in [-0.3, -0.25) is 9.48 Å². The molecule has 1 amide bonds. The zero-order valence-corrected chi connectivity index (χ0v) is 16.2. The molecule has 0 saturated heterocycles. The smallest absolute Gasteiger partial charge is 0.255 e. The van der Waals surface area contributed by atoms with Crippen LogP contribution in [0.25, 0.3) is 10.9 Å². The highest BCUT2D eigenvalue weighted by molar-refractivity contribution is 7.80. The standard InChI is InChI=1S/C21H23N3O2S/c1-26-20-12-18-15(13-24(23-18)16-7-9-17(27)10-8-16)11-19(20)22-21(25)14-5-3-2-4-6-14/h2-6,11-13,16-17,27H,7-10H2,1H3,(H,22,25). The fourth-order valence-electron chi connectivity index (χ4n) is 3.63. The molecule has 4 rings (SSSR count). The lowest BCUT2D eigenvalue weighted by atomic mass is 9.95. The van der Waals surface area contributed by atoms with Crippen molar-refractivity contribution in [3.05, 3.63) is 54.2 Å². The van der Waals surface area contributed by atoms with E-state index in [9.17, 15) is 4.79 Å². The third kappa shape index (κ3) is 3.81. The molecule has 0 atom stereocenters. The molecule has 1 aromatic heterocycles. The van der Waals surface area contributed by atoms with E-state index in [0.29, 0.717) is 28.3 Å². The summed E-state index contributed by atoms with van der Waals surface area (Å²) in [7, 11) is 1.60. The Morgan fingerprint density at radius 1 is 1.19 bits per heavy atom. The number of methoxy groups -OCH3 is 1. The van der Waals surface area contributed by atoms with Crippen molar-refractivity contribution in [2.24, 2.45) is 0 Å². The number of nitrogens with one attached hydrogen (secondary N) is 1. The van der Waals surface area contributed by atoms with Crippen LogP contribution in [0.5, 0.6) is 5.75 Å². The van der Waals surface area contributed by atoms with Gasteiger partial charge in [0.05, 0.1) is 24.4 Å². The lowest BCUT2D eigenvalue weighted by molar-refractivity contribution is 0.102. The summed E-state index contributed by atoms with van der Waals surface area (Å²) in [4.78, 5) is 12.5. The average Bonchev–Trinajstić information content (AvgIpc) is 3.11. The minimum absolute atomic E-state index is 0.159. The Morgan fingerprint density at radius 2 is 1.93 bits per heavy atom. The van der Waals surface area contributed by atoms with Crippen molar-refractivity contribution in [2.45, 2.75) is 37.0 Å². The van der Waals surface area contributed by atoms with E-state index in [1.54, 1.807) is 19.2 Å². The number of fused-ring (bicyclic) bond motifs is 1. The number of nitrogens with zero attached hydrogens (tertiary/aromatic N) is 2. The van der Waals surface area contributed by atoms with E-state index in [1.165, 1.54) is 0 Å². The van der Waals surface area contributed by atoms with E-state index in [4.69, 9.17) is 9.84 Å². The molecule has 6 heteroatoms. The molecule has 1 aliphatic carbocycles. The van der Waals surface area contributed by atoms with E-state index in [2.05, 4.69) is 28.8 Å². The Bertz CT molecular complexity index is 947. The van der Waals surface area contributed by atoms with Crippen LogP contribution in [0.3, 0.4) is 0 Å². The van der Waals surface area contributed by atoms with Crippen LogP contribution in [0.1, 0.15) is 42.1 Å². The van der Waals surface area contributed by atoms with Crippen molar-refractivity contribution < 1.29 is 9.53 Å². The van der Waals surface area contributed by atoms with Crippen LogP contribution in [-0.4, -0.2) is 28.0 Å². The molecule has 5 nitrogen and oxygen atoms in total. The number of benzene rings is 2. The topological polar surface area (TPSA) is 56.1 Å². The number of hydrogen-bond donors (Lipinski definition) is 2. The molecule has 140 valence electrons. The summed E-state index contributed by atoms with van der Waals surface area (Å²) < 4.78 is 7.55. The van der Waals surface area contributed by atoms with Crippen LogP contribution in [0.15, 0.2) is 48.7 Å². The summed E-state index contributed by atoms with van der Waals surface area (Å²) >= 11 is 4.58. The van der Waals surface area contributed by atoms with Crippen molar-refractivity contribution in [2.75, 3.05) is 12.4 Å². The monoisotopic (exact) mass is 381 g/mol. The molecule has 1 fully saturated rings. The molecule has 2 aromatic carbocycles. The van der Waals surface area contributed by atoms with Crippen molar-refractivity contribution >= 4 is 35.1 Å². The molecule has 0 bridgehead atoms. The number of hydrogen-bond acceptors (Lipinski definition) is 4. The summed E-state index contributed by atoms with van der Waals surface area (Å²) in [5.74, 6) is 0.448. The van der Waals surface area contributed by atoms with E-state index >= 15 is 0 Å². The Morgan fingerprint density at radius 3 is 2.63 bits per heavy atom. The Balaban J connectivity index is 1.62. The molecule has 0 unspecified atom stereocenters. The predicted molar refractivity (Wildman–Crippen MR) is 111 cm³/mol. The maximum atomic E-state index is 12.5. The first kappa shape index (κ1) is 17.9. The Hall–Kier alpha value is -2.47. The van der Waals surface area contributed by atoms with Crippen LogP contribution in [0.2, 0.25) is 0 Å². The summed E-state index contributed by atoms with van der Waals surface area (Å²) in [6, 6.07) is 13.4. The van der Waals surface area contributed by atoms with Gasteiger partial charge in [0.15, 0.2) is 0 Å². The minimum Gasteiger partial charge on any atom is -0.494 e. The SMILES string of the molecule is COc1cc2nn(C3CCC(S)CC3)cc2cc1NC(=O)c1ccccc1. The quantitative estimate of drug-likeness (QED) is 0.644. The van der Waals surface area contributed by atoms with Crippen molar-refractivity contribution in [1.29, 1.82) is 0 Å². The maximum Gasteiger partial charge on any atom is 0.255 e. The van der Waals surface area contributed by atoms with E-state index < -0.39 is 0 Å². The van der Waals surface area contributed by atoms with Gasteiger partial charge in [0, 0.05) is 28.5 Å². The van der Waals surface area contributed by atoms with Gasteiger partial charge in [-0.05, 0) is 43.9 Å². The molecule has 1 N–H and O–H groups in total. The van der Waals surface area contributed by atoms with Gasteiger partial charge in [-0.2, -0.15) is 17.7 Å². The van der Waals surface area contributed by atoms with Gasteiger partial charge < -0.3 is 10.1 Å². The highest BCUT2D eigenvalue weighted by atomic mass is 32.1. The first-order valence-corrected chi connectivity index (χ1v) is 9.77. The van der Waals surface area contributed by atoms with Gasteiger partial charge in [-0.15, -0.1) is 0 Å². The largest absolute Gasteiger partial charge is 0.494 e. The second kappa shape index (κ2) is 7.64. The van der Waals surface area contributed by atoms with Crippen LogP contribution in [-0.2, 0) is 0 Å². The highest BCUT2D eigenvalue weighted by Crippen LogP contribution is 2.34. The Labute approximate surface area is 164 Å². The number of anilines is 1. The molecule has 27 heavy (non-hydrogen) atoms. The number of rotatable bonds is 4. The first-order chi connectivity index (χ1) is 13.1. The number of carbonyl (C=O) groups excluding carboxylic acids is 1. The molecule has 1 heterocycles.